The van der Waals surface area contributed by atoms with E-state index in [9.17, 15) is 28.2 Å². The lowest BCUT2D eigenvalue weighted by Gasteiger charge is -2.46. The zero-order valence-corrected chi connectivity index (χ0v) is 21.0. The number of halogens is 5. The van der Waals surface area contributed by atoms with Crippen LogP contribution in [0.4, 0.5) is 17.6 Å². The van der Waals surface area contributed by atoms with Crippen LogP contribution in [0.5, 0.6) is 0 Å². The second-order valence-electron chi connectivity index (χ2n) is 8.67. The fourth-order valence-corrected chi connectivity index (χ4v) is 4.86. The van der Waals surface area contributed by atoms with Gasteiger partial charge in [0.15, 0.2) is 12.1 Å². The number of benzene rings is 2. The molecule has 38 heavy (non-hydrogen) atoms. The zero-order chi connectivity index (χ0) is 27.2. The summed E-state index contributed by atoms with van der Waals surface area (Å²) in [6.07, 6.45) is -10.5. The summed E-state index contributed by atoms with van der Waals surface area (Å²) < 4.78 is 74.0. The van der Waals surface area contributed by atoms with Crippen LogP contribution in [0, 0.1) is 12.7 Å². The first kappa shape index (κ1) is 26.5. The summed E-state index contributed by atoms with van der Waals surface area (Å²) in [4.78, 5) is 7.03. The van der Waals surface area contributed by atoms with Crippen molar-refractivity contribution >= 4 is 15.9 Å². The second kappa shape index (κ2) is 10.2. The van der Waals surface area contributed by atoms with Crippen molar-refractivity contribution in [3.05, 3.63) is 86.0 Å². The number of rotatable bonds is 4. The van der Waals surface area contributed by atoms with E-state index in [1.54, 1.807) is 24.3 Å². The first-order chi connectivity index (χ1) is 18.1. The number of aryl methyl sites for hydroxylation is 1. The number of hydrogen-bond acceptors (Lipinski definition) is 7. The monoisotopic (exact) mass is 598 g/mol. The van der Waals surface area contributed by atoms with E-state index in [1.165, 1.54) is 6.92 Å². The van der Waals surface area contributed by atoms with Gasteiger partial charge in [-0.05, 0) is 40.5 Å². The van der Waals surface area contributed by atoms with Gasteiger partial charge in [0.1, 0.15) is 30.0 Å². The Morgan fingerprint density at radius 3 is 2.63 bits per heavy atom. The molecule has 200 valence electrons. The topological polar surface area (TPSA) is 127 Å². The number of hydrogen-bond donors (Lipinski definition) is 1. The Kier molecular flexibility index (Phi) is 7.15. The number of aliphatic hydroxyl groups is 1. The van der Waals surface area contributed by atoms with Crippen molar-refractivity contribution < 1.29 is 36.9 Å². The smallest absolute Gasteiger partial charge is 0.389 e. The van der Waals surface area contributed by atoms with Gasteiger partial charge < -0.3 is 19.3 Å². The van der Waals surface area contributed by atoms with Crippen molar-refractivity contribution in [3.8, 4) is 5.69 Å². The Morgan fingerprint density at radius 1 is 1.21 bits per heavy atom. The van der Waals surface area contributed by atoms with Gasteiger partial charge in [-0.1, -0.05) is 35.4 Å². The van der Waals surface area contributed by atoms with E-state index in [1.807, 2.05) is 6.07 Å². The van der Waals surface area contributed by atoms with Crippen LogP contribution in [-0.4, -0.2) is 50.8 Å². The molecule has 3 heterocycles. The van der Waals surface area contributed by atoms with Gasteiger partial charge in [0.05, 0.1) is 34.5 Å². The van der Waals surface area contributed by atoms with E-state index >= 15 is 0 Å². The molecule has 1 aromatic heterocycles. The quantitative estimate of drug-likeness (QED) is 0.193. The average molecular weight is 599 g/mol. The Morgan fingerprint density at radius 2 is 1.95 bits per heavy atom. The van der Waals surface area contributed by atoms with E-state index in [0.717, 1.165) is 10.7 Å². The minimum Gasteiger partial charge on any atom is -0.389 e. The molecule has 0 saturated carbocycles. The molecule has 0 spiro atoms. The molecule has 2 aromatic carbocycles. The van der Waals surface area contributed by atoms with Gasteiger partial charge >= 0.3 is 6.18 Å². The number of aliphatic hydroxyl groups excluding tert-OH is 1. The first-order valence-electron chi connectivity index (χ1n) is 11.3. The Labute approximate surface area is 220 Å². The summed E-state index contributed by atoms with van der Waals surface area (Å²) in [5.41, 5.74) is 8.05. The molecule has 0 amide bonds. The van der Waals surface area contributed by atoms with E-state index < -0.39 is 60.0 Å². The standard InChI is InChI=1S/C23H19BrF4N6O4/c1-10-30-21(34(32-10)15-8-13(24)14(25)7-12(15)23(26,27)28)20-18(35)17(31-33-29)19-16(37-20)9-36-22(38-19)11-5-3-2-4-6-11/h2-8,16-20,22,35H,9H2,1H3/t16?,17?,18?,19-,20+,22?/m0/s1. The van der Waals surface area contributed by atoms with Gasteiger partial charge in [0.25, 0.3) is 0 Å². The summed E-state index contributed by atoms with van der Waals surface area (Å²) in [5.74, 6) is -1.27. The Bertz CT molecular complexity index is 1380. The van der Waals surface area contributed by atoms with Crippen LogP contribution in [0.2, 0.25) is 0 Å². The van der Waals surface area contributed by atoms with Crippen LogP contribution in [0.15, 0.2) is 52.1 Å². The molecular formula is C23H19BrF4N6O4. The molecule has 6 atom stereocenters. The summed E-state index contributed by atoms with van der Waals surface area (Å²) in [6.45, 7) is 1.40. The molecular weight excluding hydrogens is 580 g/mol. The normalized spacial score (nSPS) is 27.4. The fourth-order valence-electron chi connectivity index (χ4n) is 4.53. The minimum atomic E-state index is -4.93. The molecule has 0 bridgehead atoms. The van der Waals surface area contributed by atoms with Gasteiger partial charge in [-0.25, -0.2) is 14.1 Å². The second-order valence-corrected chi connectivity index (χ2v) is 9.52. The van der Waals surface area contributed by atoms with Crippen molar-refractivity contribution in [2.24, 2.45) is 5.11 Å². The molecule has 2 aliphatic heterocycles. The number of nitrogens with zero attached hydrogens (tertiary/aromatic N) is 6. The van der Waals surface area contributed by atoms with Crippen LogP contribution in [0.3, 0.4) is 0 Å². The summed E-state index contributed by atoms with van der Waals surface area (Å²) in [5, 5.41) is 19.0. The maximum atomic E-state index is 14.1. The summed E-state index contributed by atoms with van der Waals surface area (Å²) >= 11 is 2.91. The molecule has 4 unspecified atom stereocenters. The maximum Gasteiger partial charge on any atom is 0.418 e. The van der Waals surface area contributed by atoms with Gasteiger partial charge in [-0.2, -0.15) is 18.3 Å². The lowest BCUT2D eigenvalue weighted by molar-refractivity contribution is -0.309. The van der Waals surface area contributed by atoms with Gasteiger partial charge in [-0.15, -0.1) is 0 Å². The molecule has 15 heteroatoms. The first-order valence-corrected chi connectivity index (χ1v) is 12.1. The zero-order valence-electron chi connectivity index (χ0n) is 19.5. The van der Waals surface area contributed by atoms with Crippen molar-refractivity contribution in [1.29, 1.82) is 0 Å². The molecule has 5 rings (SSSR count). The highest BCUT2D eigenvalue weighted by Crippen LogP contribution is 2.42. The molecule has 2 saturated heterocycles. The van der Waals surface area contributed by atoms with E-state index in [4.69, 9.17) is 14.2 Å². The predicted molar refractivity (Wildman–Crippen MR) is 125 cm³/mol. The molecule has 1 N–H and O–H groups in total. The lowest BCUT2D eigenvalue weighted by atomic mass is 9.91. The SMILES string of the molecule is Cc1nc([C@@H]2OC3COC(c4ccccc4)O[C@@H]3C(N=[N+]=[N-])C2O)n(-c2cc(Br)c(F)cc2C(F)(F)F)n1. The maximum absolute atomic E-state index is 14.1. The average Bonchev–Trinajstić information content (AvgIpc) is 3.27. The third-order valence-electron chi connectivity index (χ3n) is 6.20. The van der Waals surface area contributed by atoms with Crippen molar-refractivity contribution in [1.82, 2.24) is 14.8 Å². The minimum absolute atomic E-state index is 0.0338. The van der Waals surface area contributed by atoms with Crippen LogP contribution in [0.25, 0.3) is 16.1 Å². The van der Waals surface area contributed by atoms with Crippen molar-refractivity contribution in [2.75, 3.05) is 6.61 Å². The molecule has 0 radical (unpaired) electrons. The third kappa shape index (κ3) is 4.88. The molecule has 3 aromatic rings. The molecule has 10 nitrogen and oxygen atoms in total. The Hall–Kier alpha value is -3.07. The van der Waals surface area contributed by atoms with E-state index in [0.29, 0.717) is 11.6 Å². The molecule has 2 fully saturated rings. The van der Waals surface area contributed by atoms with Crippen LogP contribution in [-0.2, 0) is 20.4 Å². The van der Waals surface area contributed by atoms with Crippen LogP contribution < -0.4 is 0 Å². The Balaban J connectivity index is 1.54. The fraction of sp³-hybridized carbons (Fsp3) is 0.391. The summed E-state index contributed by atoms with van der Waals surface area (Å²) in [6, 6.07) is 9.00. The van der Waals surface area contributed by atoms with Crippen LogP contribution in [0.1, 0.15) is 35.2 Å². The number of fused-ring (bicyclic) bond motifs is 1. The highest BCUT2D eigenvalue weighted by Gasteiger charge is 2.51. The van der Waals surface area contributed by atoms with Crippen molar-refractivity contribution in [2.45, 2.75) is 49.8 Å². The highest BCUT2D eigenvalue weighted by molar-refractivity contribution is 9.10. The largest absolute Gasteiger partial charge is 0.418 e. The number of aromatic nitrogens is 3. The predicted octanol–water partition coefficient (Wildman–Crippen LogP) is 5.09. The lowest BCUT2D eigenvalue weighted by Crippen LogP contribution is -2.58. The van der Waals surface area contributed by atoms with E-state index in [2.05, 4.69) is 36.0 Å². The van der Waals surface area contributed by atoms with Gasteiger partial charge in [0, 0.05) is 10.5 Å². The molecule has 2 aliphatic rings. The number of azide groups is 1. The van der Waals surface area contributed by atoms with E-state index in [-0.39, 0.29) is 22.7 Å². The van der Waals surface area contributed by atoms with Gasteiger partial charge in [-0.3, -0.25) is 0 Å². The molecule has 0 aliphatic carbocycles. The summed E-state index contributed by atoms with van der Waals surface area (Å²) in [7, 11) is 0. The number of ether oxygens (including phenoxy) is 3. The van der Waals surface area contributed by atoms with Gasteiger partial charge in [0.2, 0.25) is 0 Å². The third-order valence-corrected chi connectivity index (χ3v) is 6.81. The van der Waals surface area contributed by atoms with Crippen molar-refractivity contribution in [3.63, 3.8) is 0 Å². The highest BCUT2D eigenvalue weighted by atomic mass is 79.9. The number of alkyl halides is 3. The van der Waals surface area contributed by atoms with Crippen LogP contribution >= 0.6 is 15.9 Å².